The van der Waals surface area contributed by atoms with Crippen molar-refractivity contribution in [2.75, 3.05) is 49.6 Å². The molecule has 0 aromatic heterocycles. The maximum Gasteiger partial charge on any atom is 0.253 e. The van der Waals surface area contributed by atoms with Crippen molar-refractivity contribution in [1.29, 1.82) is 0 Å². The highest BCUT2D eigenvalue weighted by Crippen LogP contribution is 2.21. The molecule has 1 aliphatic rings. The van der Waals surface area contributed by atoms with Gasteiger partial charge < -0.3 is 20.7 Å². The van der Waals surface area contributed by atoms with Crippen LogP contribution < -0.4 is 16.0 Å². The SMILES string of the molecule is CC(C)CN(CC(C)(C)C)[C@H](CN)C(=O)Nc1ccc(N2CCOCC2=O)cc1. The molecule has 0 bridgehead atoms. The van der Waals surface area contributed by atoms with Crippen LogP contribution in [0.5, 0.6) is 0 Å². The zero-order valence-corrected chi connectivity index (χ0v) is 18.4. The minimum Gasteiger partial charge on any atom is -0.370 e. The Labute approximate surface area is 174 Å². The Hall–Kier alpha value is -1.96. The van der Waals surface area contributed by atoms with Gasteiger partial charge in [0.2, 0.25) is 5.91 Å². The number of carbonyl (C=O) groups excluding carboxylic acids is 2. The van der Waals surface area contributed by atoms with E-state index < -0.39 is 6.04 Å². The third-order valence-corrected chi connectivity index (χ3v) is 4.68. The number of hydrogen-bond donors (Lipinski definition) is 2. The van der Waals surface area contributed by atoms with E-state index in [1.165, 1.54) is 0 Å². The van der Waals surface area contributed by atoms with Gasteiger partial charge in [-0.3, -0.25) is 14.5 Å². The molecule has 1 aromatic carbocycles. The van der Waals surface area contributed by atoms with Crippen LogP contribution >= 0.6 is 0 Å². The minimum atomic E-state index is -0.392. The molecule has 1 fully saturated rings. The molecule has 1 atom stereocenters. The second kappa shape index (κ2) is 10.2. The summed E-state index contributed by atoms with van der Waals surface area (Å²) < 4.78 is 5.17. The molecule has 2 amide bonds. The van der Waals surface area contributed by atoms with Gasteiger partial charge in [-0.1, -0.05) is 34.6 Å². The predicted octanol–water partition coefficient (Wildman–Crippen LogP) is 2.32. The Morgan fingerprint density at radius 2 is 1.93 bits per heavy atom. The number of amides is 2. The summed E-state index contributed by atoms with van der Waals surface area (Å²) >= 11 is 0. The van der Waals surface area contributed by atoms with E-state index >= 15 is 0 Å². The molecule has 1 aliphatic heterocycles. The molecule has 0 radical (unpaired) electrons. The van der Waals surface area contributed by atoms with Gasteiger partial charge in [-0.25, -0.2) is 0 Å². The monoisotopic (exact) mass is 404 g/mol. The Kier molecular flexibility index (Phi) is 8.19. The van der Waals surface area contributed by atoms with Crippen LogP contribution in [0.1, 0.15) is 34.6 Å². The van der Waals surface area contributed by atoms with Crippen molar-refractivity contribution in [2.24, 2.45) is 17.1 Å². The number of rotatable bonds is 8. The highest BCUT2D eigenvalue weighted by atomic mass is 16.5. The van der Waals surface area contributed by atoms with Crippen LogP contribution in [0, 0.1) is 11.3 Å². The molecule has 7 heteroatoms. The summed E-state index contributed by atoms with van der Waals surface area (Å²) in [5, 5.41) is 2.99. The number of anilines is 2. The molecule has 162 valence electrons. The normalized spacial score (nSPS) is 16.4. The number of hydrogen-bond acceptors (Lipinski definition) is 5. The number of nitrogens with two attached hydrogens (primary N) is 1. The highest BCUT2D eigenvalue weighted by Gasteiger charge is 2.29. The highest BCUT2D eigenvalue weighted by molar-refractivity contribution is 5.97. The van der Waals surface area contributed by atoms with E-state index in [0.717, 1.165) is 18.8 Å². The van der Waals surface area contributed by atoms with Crippen molar-refractivity contribution in [2.45, 2.75) is 40.7 Å². The van der Waals surface area contributed by atoms with Gasteiger partial charge in [0.15, 0.2) is 0 Å². The van der Waals surface area contributed by atoms with Gasteiger partial charge in [-0.2, -0.15) is 0 Å². The van der Waals surface area contributed by atoms with Crippen molar-refractivity contribution in [3.63, 3.8) is 0 Å². The van der Waals surface area contributed by atoms with Crippen LogP contribution in [0.3, 0.4) is 0 Å². The summed E-state index contributed by atoms with van der Waals surface area (Å²) in [6.07, 6.45) is 0. The van der Waals surface area contributed by atoms with E-state index in [0.29, 0.717) is 24.8 Å². The van der Waals surface area contributed by atoms with Gasteiger partial charge in [0.1, 0.15) is 12.6 Å². The molecule has 2 rings (SSSR count). The average molecular weight is 405 g/mol. The third-order valence-electron chi connectivity index (χ3n) is 4.68. The van der Waals surface area contributed by atoms with Crippen molar-refractivity contribution < 1.29 is 14.3 Å². The van der Waals surface area contributed by atoms with Crippen molar-refractivity contribution in [1.82, 2.24) is 4.90 Å². The van der Waals surface area contributed by atoms with Crippen LogP contribution in [0.25, 0.3) is 0 Å². The zero-order valence-electron chi connectivity index (χ0n) is 18.4. The molecule has 0 saturated carbocycles. The molecule has 3 N–H and O–H groups in total. The molecule has 29 heavy (non-hydrogen) atoms. The first kappa shape index (κ1) is 23.3. The Morgan fingerprint density at radius 1 is 1.28 bits per heavy atom. The lowest BCUT2D eigenvalue weighted by Crippen LogP contribution is -2.52. The number of carbonyl (C=O) groups is 2. The van der Waals surface area contributed by atoms with Crippen molar-refractivity contribution in [3.8, 4) is 0 Å². The maximum absolute atomic E-state index is 13.0. The summed E-state index contributed by atoms with van der Waals surface area (Å²) in [6, 6.07) is 6.94. The van der Waals surface area contributed by atoms with Gasteiger partial charge in [0, 0.05) is 37.6 Å². The first-order chi connectivity index (χ1) is 13.6. The number of benzene rings is 1. The van der Waals surface area contributed by atoms with Crippen LogP contribution in [-0.2, 0) is 14.3 Å². The van der Waals surface area contributed by atoms with E-state index in [4.69, 9.17) is 10.5 Å². The smallest absolute Gasteiger partial charge is 0.253 e. The summed E-state index contributed by atoms with van der Waals surface area (Å²) in [4.78, 5) is 28.8. The molecule has 0 spiro atoms. The average Bonchev–Trinajstić information content (AvgIpc) is 2.61. The predicted molar refractivity (Wildman–Crippen MR) is 117 cm³/mol. The first-order valence-corrected chi connectivity index (χ1v) is 10.3. The quantitative estimate of drug-likeness (QED) is 0.694. The molecule has 0 unspecified atom stereocenters. The molecule has 1 heterocycles. The fourth-order valence-electron chi connectivity index (χ4n) is 3.54. The van der Waals surface area contributed by atoms with Crippen LogP contribution in [0.15, 0.2) is 24.3 Å². The summed E-state index contributed by atoms with van der Waals surface area (Å²) in [5.41, 5.74) is 7.56. The van der Waals surface area contributed by atoms with E-state index in [1.807, 2.05) is 24.3 Å². The van der Waals surface area contributed by atoms with Gasteiger partial charge in [0.05, 0.1) is 6.61 Å². The van der Waals surface area contributed by atoms with Gasteiger partial charge in [0.25, 0.3) is 5.91 Å². The van der Waals surface area contributed by atoms with Gasteiger partial charge in [-0.05, 0) is 35.6 Å². The summed E-state index contributed by atoms with van der Waals surface area (Å²) in [5.74, 6) is 0.278. The molecule has 7 nitrogen and oxygen atoms in total. The topological polar surface area (TPSA) is 87.9 Å². The fraction of sp³-hybridized carbons (Fsp3) is 0.636. The Bertz CT molecular complexity index is 682. The fourth-order valence-corrected chi connectivity index (χ4v) is 3.54. The molecule has 1 aromatic rings. The second-order valence-electron chi connectivity index (χ2n) is 9.27. The van der Waals surface area contributed by atoms with Crippen LogP contribution in [-0.4, -0.2) is 62.1 Å². The summed E-state index contributed by atoms with van der Waals surface area (Å²) in [7, 11) is 0. The van der Waals surface area contributed by atoms with Crippen molar-refractivity contribution >= 4 is 23.2 Å². The number of nitrogens with one attached hydrogen (secondary N) is 1. The molecule has 0 aliphatic carbocycles. The number of morpholine rings is 1. The second-order valence-corrected chi connectivity index (χ2v) is 9.27. The molecule has 1 saturated heterocycles. The van der Waals surface area contributed by atoms with Crippen LogP contribution in [0.4, 0.5) is 11.4 Å². The lowest BCUT2D eigenvalue weighted by Gasteiger charge is -2.36. The van der Waals surface area contributed by atoms with E-state index in [-0.39, 0.29) is 30.4 Å². The molecular weight excluding hydrogens is 368 g/mol. The Morgan fingerprint density at radius 3 is 2.45 bits per heavy atom. The number of ether oxygens (including phenoxy) is 1. The van der Waals surface area contributed by atoms with Gasteiger partial charge >= 0.3 is 0 Å². The third kappa shape index (κ3) is 7.10. The lowest BCUT2D eigenvalue weighted by molar-refractivity contribution is -0.125. The standard InChI is InChI=1S/C22H36N4O3/c1-16(2)13-25(15-22(3,4)5)19(12-23)21(28)24-17-6-8-18(9-7-17)26-10-11-29-14-20(26)27/h6-9,16,19H,10-15,23H2,1-5H3,(H,24,28)/t19-/m1/s1. The van der Waals surface area contributed by atoms with E-state index in [9.17, 15) is 9.59 Å². The summed E-state index contributed by atoms with van der Waals surface area (Å²) in [6.45, 7) is 13.8. The van der Waals surface area contributed by atoms with Crippen molar-refractivity contribution in [3.05, 3.63) is 24.3 Å². The zero-order chi connectivity index (χ0) is 21.6. The largest absolute Gasteiger partial charge is 0.370 e. The van der Waals surface area contributed by atoms with E-state index in [1.54, 1.807) is 4.90 Å². The lowest BCUT2D eigenvalue weighted by atomic mass is 9.94. The molecular formula is C22H36N4O3. The van der Waals surface area contributed by atoms with Gasteiger partial charge in [-0.15, -0.1) is 0 Å². The van der Waals surface area contributed by atoms with Crippen LogP contribution in [0.2, 0.25) is 0 Å². The van der Waals surface area contributed by atoms with E-state index in [2.05, 4.69) is 44.8 Å². The maximum atomic E-state index is 13.0. The number of nitrogens with zero attached hydrogens (tertiary/aromatic N) is 2. The first-order valence-electron chi connectivity index (χ1n) is 10.3. The Balaban J connectivity index is 2.08. The minimum absolute atomic E-state index is 0.0530.